The zero-order chi connectivity index (χ0) is 15.4. The van der Waals surface area contributed by atoms with E-state index in [-0.39, 0.29) is 5.91 Å². The molecule has 1 heterocycles. The molecule has 0 spiro atoms. The highest BCUT2D eigenvalue weighted by atomic mass is 16.1. The lowest BCUT2D eigenvalue weighted by atomic mass is 9.96. The fourth-order valence-corrected chi connectivity index (χ4v) is 2.64. The molecule has 114 valence electrons. The molecule has 0 aromatic heterocycles. The summed E-state index contributed by atoms with van der Waals surface area (Å²) in [4.78, 5) is 24.5. The Morgan fingerprint density at radius 2 is 2.00 bits per heavy atom. The summed E-state index contributed by atoms with van der Waals surface area (Å²) in [5, 5.41) is 2.87. The standard InChI is InChI=1S/C15H22N4O2/c1-10(20)18-9-11-4-6-19(7-5-11)12-2-3-14(16)13(8-12)15(17)21/h2-3,8,11H,4-7,9,16H2,1H3,(H2,17,21)(H,18,20). The van der Waals surface area contributed by atoms with Crippen LogP contribution in [-0.2, 0) is 4.79 Å². The smallest absolute Gasteiger partial charge is 0.250 e. The molecule has 1 fully saturated rings. The predicted octanol–water partition coefficient (Wildman–Crippen LogP) is 0.720. The van der Waals surface area contributed by atoms with Crippen molar-refractivity contribution in [1.82, 2.24) is 5.32 Å². The summed E-state index contributed by atoms with van der Waals surface area (Å²) in [6.45, 7) is 4.06. The summed E-state index contributed by atoms with van der Waals surface area (Å²) < 4.78 is 0. The molecule has 6 nitrogen and oxygen atoms in total. The van der Waals surface area contributed by atoms with Gasteiger partial charge in [-0.1, -0.05) is 0 Å². The van der Waals surface area contributed by atoms with Crippen molar-refractivity contribution in [2.75, 3.05) is 30.3 Å². The van der Waals surface area contributed by atoms with Gasteiger partial charge in [0.25, 0.3) is 5.91 Å². The van der Waals surface area contributed by atoms with Gasteiger partial charge in [0.05, 0.1) is 5.56 Å². The number of nitrogen functional groups attached to an aromatic ring is 1. The van der Waals surface area contributed by atoms with Gasteiger partial charge in [0.1, 0.15) is 0 Å². The third-order valence-corrected chi connectivity index (χ3v) is 3.92. The number of amides is 2. The fraction of sp³-hybridized carbons (Fsp3) is 0.467. The quantitative estimate of drug-likeness (QED) is 0.711. The van der Waals surface area contributed by atoms with E-state index in [0.29, 0.717) is 17.2 Å². The Kier molecular flexibility index (Phi) is 4.67. The van der Waals surface area contributed by atoms with Crippen molar-refractivity contribution in [3.8, 4) is 0 Å². The monoisotopic (exact) mass is 290 g/mol. The molecule has 1 saturated heterocycles. The number of piperidine rings is 1. The lowest BCUT2D eigenvalue weighted by Gasteiger charge is -2.34. The van der Waals surface area contributed by atoms with Crippen molar-refractivity contribution in [3.05, 3.63) is 23.8 Å². The van der Waals surface area contributed by atoms with E-state index in [9.17, 15) is 9.59 Å². The largest absolute Gasteiger partial charge is 0.398 e. The fourth-order valence-electron chi connectivity index (χ4n) is 2.64. The summed E-state index contributed by atoms with van der Waals surface area (Å²) >= 11 is 0. The number of nitrogens with one attached hydrogen (secondary N) is 1. The Morgan fingerprint density at radius 1 is 1.33 bits per heavy atom. The first-order valence-corrected chi connectivity index (χ1v) is 7.16. The molecule has 1 aromatic rings. The molecule has 0 aliphatic carbocycles. The minimum Gasteiger partial charge on any atom is -0.398 e. The molecular formula is C15H22N4O2. The third-order valence-electron chi connectivity index (χ3n) is 3.92. The Bertz CT molecular complexity index is 536. The number of hydrogen-bond donors (Lipinski definition) is 3. The van der Waals surface area contributed by atoms with Gasteiger partial charge in [0.2, 0.25) is 5.91 Å². The number of nitrogens with two attached hydrogens (primary N) is 2. The van der Waals surface area contributed by atoms with Gasteiger partial charge in [0.15, 0.2) is 0 Å². The van der Waals surface area contributed by atoms with Crippen LogP contribution in [0.25, 0.3) is 0 Å². The second-order valence-electron chi connectivity index (χ2n) is 5.50. The van der Waals surface area contributed by atoms with Crippen LogP contribution >= 0.6 is 0 Å². The first kappa shape index (κ1) is 15.2. The minimum atomic E-state index is -0.505. The first-order chi connectivity index (χ1) is 9.97. The third kappa shape index (κ3) is 3.87. The second kappa shape index (κ2) is 6.47. The lowest BCUT2D eigenvalue weighted by molar-refractivity contribution is -0.119. The molecule has 5 N–H and O–H groups in total. The number of primary amides is 1. The number of nitrogens with zero attached hydrogens (tertiary/aromatic N) is 1. The van der Waals surface area contributed by atoms with Crippen LogP contribution in [0.3, 0.4) is 0 Å². The summed E-state index contributed by atoms with van der Waals surface area (Å²) in [6, 6.07) is 5.39. The maximum atomic E-state index is 11.3. The van der Waals surface area contributed by atoms with Gasteiger partial charge in [0, 0.05) is 37.9 Å². The number of rotatable bonds is 4. The maximum Gasteiger partial charge on any atom is 0.250 e. The lowest BCUT2D eigenvalue weighted by Crippen LogP contribution is -2.38. The highest BCUT2D eigenvalue weighted by Gasteiger charge is 2.20. The number of benzene rings is 1. The van der Waals surface area contributed by atoms with E-state index in [1.807, 2.05) is 6.07 Å². The summed E-state index contributed by atoms with van der Waals surface area (Å²) in [6.07, 6.45) is 2.02. The zero-order valence-corrected chi connectivity index (χ0v) is 12.3. The molecule has 0 atom stereocenters. The Hall–Kier alpha value is -2.24. The van der Waals surface area contributed by atoms with E-state index in [1.54, 1.807) is 12.1 Å². The van der Waals surface area contributed by atoms with E-state index in [0.717, 1.165) is 38.2 Å². The molecule has 1 aliphatic heterocycles. The van der Waals surface area contributed by atoms with Gasteiger partial charge in [-0.15, -0.1) is 0 Å². The van der Waals surface area contributed by atoms with Crippen LogP contribution in [0.15, 0.2) is 18.2 Å². The van der Waals surface area contributed by atoms with Crippen LogP contribution in [0.2, 0.25) is 0 Å². The molecule has 0 radical (unpaired) electrons. The van der Waals surface area contributed by atoms with Crippen molar-refractivity contribution in [1.29, 1.82) is 0 Å². The normalized spacial score (nSPS) is 15.8. The van der Waals surface area contributed by atoms with Gasteiger partial charge in [-0.05, 0) is 37.0 Å². The molecule has 21 heavy (non-hydrogen) atoms. The summed E-state index contributed by atoms with van der Waals surface area (Å²) in [5.74, 6) is 0.0199. The molecule has 0 unspecified atom stereocenters. The highest BCUT2D eigenvalue weighted by Crippen LogP contribution is 2.26. The van der Waals surface area contributed by atoms with Gasteiger partial charge in [-0.3, -0.25) is 9.59 Å². The summed E-state index contributed by atoms with van der Waals surface area (Å²) in [5.41, 5.74) is 12.8. The number of carbonyl (C=O) groups is 2. The van der Waals surface area contributed by atoms with Gasteiger partial charge < -0.3 is 21.7 Å². The molecule has 0 saturated carbocycles. The minimum absolute atomic E-state index is 0.0158. The Labute approximate surface area is 124 Å². The average Bonchev–Trinajstić information content (AvgIpc) is 2.46. The number of anilines is 2. The van der Waals surface area contributed by atoms with Crippen molar-refractivity contribution in [3.63, 3.8) is 0 Å². The molecular weight excluding hydrogens is 268 g/mol. The average molecular weight is 290 g/mol. The van der Waals surface area contributed by atoms with Gasteiger partial charge in [-0.25, -0.2) is 0 Å². The van der Waals surface area contributed by atoms with Crippen molar-refractivity contribution in [2.24, 2.45) is 11.7 Å². The molecule has 1 aromatic carbocycles. The molecule has 6 heteroatoms. The number of carbonyl (C=O) groups excluding carboxylic acids is 2. The van der Waals surface area contributed by atoms with E-state index >= 15 is 0 Å². The van der Waals surface area contributed by atoms with Crippen molar-refractivity contribution >= 4 is 23.2 Å². The van der Waals surface area contributed by atoms with Crippen molar-refractivity contribution < 1.29 is 9.59 Å². The molecule has 1 aliphatic rings. The van der Waals surface area contributed by atoms with Crippen LogP contribution in [0.1, 0.15) is 30.1 Å². The second-order valence-corrected chi connectivity index (χ2v) is 5.50. The van der Waals surface area contributed by atoms with Gasteiger partial charge >= 0.3 is 0 Å². The highest BCUT2D eigenvalue weighted by molar-refractivity contribution is 5.99. The first-order valence-electron chi connectivity index (χ1n) is 7.16. The maximum absolute atomic E-state index is 11.3. The van der Waals surface area contributed by atoms with Crippen molar-refractivity contribution in [2.45, 2.75) is 19.8 Å². The molecule has 0 bridgehead atoms. The van der Waals surface area contributed by atoms with E-state index in [4.69, 9.17) is 11.5 Å². The topological polar surface area (TPSA) is 101 Å². The van der Waals surface area contributed by atoms with Gasteiger partial charge in [-0.2, -0.15) is 0 Å². The zero-order valence-electron chi connectivity index (χ0n) is 12.3. The summed E-state index contributed by atoms with van der Waals surface area (Å²) in [7, 11) is 0. The molecule has 2 rings (SSSR count). The predicted molar refractivity (Wildman–Crippen MR) is 83.0 cm³/mol. The Morgan fingerprint density at radius 3 is 2.57 bits per heavy atom. The SMILES string of the molecule is CC(=O)NCC1CCN(c2ccc(N)c(C(N)=O)c2)CC1. The van der Waals surface area contributed by atoms with Crippen LogP contribution in [0, 0.1) is 5.92 Å². The van der Waals surface area contributed by atoms with E-state index in [1.165, 1.54) is 6.92 Å². The van der Waals surface area contributed by atoms with Crippen LogP contribution < -0.4 is 21.7 Å². The number of hydrogen-bond acceptors (Lipinski definition) is 4. The van der Waals surface area contributed by atoms with E-state index < -0.39 is 5.91 Å². The van der Waals surface area contributed by atoms with Crippen LogP contribution in [0.5, 0.6) is 0 Å². The van der Waals surface area contributed by atoms with E-state index in [2.05, 4.69) is 10.2 Å². The van der Waals surface area contributed by atoms with Crippen LogP contribution in [-0.4, -0.2) is 31.4 Å². The Balaban J connectivity index is 1.97. The van der Waals surface area contributed by atoms with Crippen LogP contribution in [0.4, 0.5) is 11.4 Å². The molecule has 2 amide bonds.